The van der Waals surface area contributed by atoms with Crippen molar-refractivity contribution < 1.29 is 8.78 Å². The molecule has 0 atom stereocenters. The molecule has 2 aromatic rings. The van der Waals surface area contributed by atoms with Gasteiger partial charge in [-0.3, -0.25) is 9.36 Å². The fourth-order valence-electron chi connectivity index (χ4n) is 2.70. The number of piperidine rings is 1. The van der Waals surface area contributed by atoms with Crippen molar-refractivity contribution in [2.75, 3.05) is 18.0 Å². The Morgan fingerprint density at radius 2 is 2.13 bits per heavy atom. The molecular formula is C14H17F2N5OS. The molecule has 0 saturated carbocycles. The molecule has 2 aromatic heterocycles. The number of anilines is 1. The number of halogens is 2. The third-order valence-corrected chi connectivity index (χ3v) is 4.85. The standard InChI is InChI=1S/C14H17F2N5OS/c1-9-18-14(23-19-9)20-4-2-10(3-5-20)7-21-8-17-11(13(15)16)6-12(21)22/h6,8,10,13H,2-5,7H2,1H3. The minimum Gasteiger partial charge on any atom is -0.347 e. The van der Waals surface area contributed by atoms with Crippen LogP contribution >= 0.6 is 11.5 Å². The van der Waals surface area contributed by atoms with E-state index in [4.69, 9.17) is 0 Å². The molecule has 0 aromatic carbocycles. The number of hydrogen-bond acceptors (Lipinski definition) is 6. The van der Waals surface area contributed by atoms with E-state index in [0.717, 1.165) is 43.0 Å². The molecule has 3 rings (SSSR count). The Bertz CT molecular complexity index is 724. The summed E-state index contributed by atoms with van der Waals surface area (Å²) in [6, 6.07) is 0.920. The first-order valence-electron chi connectivity index (χ1n) is 7.42. The van der Waals surface area contributed by atoms with Crippen LogP contribution < -0.4 is 10.5 Å². The molecule has 124 valence electrons. The van der Waals surface area contributed by atoms with E-state index < -0.39 is 17.7 Å². The van der Waals surface area contributed by atoms with Crippen molar-refractivity contribution in [3.05, 3.63) is 34.3 Å². The first kappa shape index (κ1) is 16.0. The highest BCUT2D eigenvalue weighted by Crippen LogP contribution is 2.25. The SMILES string of the molecule is Cc1nsc(N2CCC(Cn3cnc(C(F)F)cc3=O)CC2)n1. The third-order valence-electron chi connectivity index (χ3n) is 3.98. The maximum atomic E-state index is 12.5. The monoisotopic (exact) mass is 341 g/mol. The average Bonchev–Trinajstić information content (AvgIpc) is 2.96. The second-order valence-corrected chi connectivity index (χ2v) is 6.39. The Labute approximate surface area is 136 Å². The van der Waals surface area contributed by atoms with Crippen LogP contribution in [0.3, 0.4) is 0 Å². The first-order chi connectivity index (χ1) is 11.0. The lowest BCUT2D eigenvalue weighted by molar-refractivity contribution is 0.145. The summed E-state index contributed by atoms with van der Waals surface area (Å²) in [5.41, 5.74) is -0.884. The molecule has 0 amide bonds. The number of hydrogen-bond donors (Lipinski definition) is 0. The van der Waals surface area contributed by atoms with Gasteiger partial charge in [0.25, 0.3) is 12.0 Å². The van der Waals surface area contributed by atoms with Gasteiger partial charge in [-0.2, -0.15) is 4.37 Å². The fourth-order valence-corrected chi connectivity index (χ4v) is 3.42. The summed E-state index contributed by atoms with van der Waals surface area (Å²) in [6.45, 7) is 4.10. The van der Waals surface area contributed by atoms with Crippen LogP contribution in [-0.4, -0.2) is 32.0 Å². The molecule has 0 bridgehead atoms. The second kappa shape index (κ2) is 6.69. The lowest BCUT2D eigenvalue weighted by Crippen LogP contribution is -2.36. The quantitative estimate of drug-likeness (QED) is 0.853. The lowest BCUT2D eigenvalue weighted by atomic mass is 9.97. The second-order valence-electron chi connectivity index (χ2n) is 5.66. The predicted octanol–water partition coefficient (Wildman–Crippen LogP) is 2.26. The van der Waals surface area contributed by atoms with Crippen molar-refractivity contribution in [2.45, 2.75) is 32.7 Å². The molecule has 0 radical (unpaired) electrons. The van der Waals surface area contributed by atoms with E-state index in [1.54, 1.807) is 0 Å². The van der Waals surface area contributed by atoms with E-state index in [2.05, 4.69) is 19.2 Å². The number of nitrogens with zero attached hydrogens (tertiary/aromatic N) is 5. The van der Waals surface area contributed by atoms with Crippen molar-refractivity contribution in [2.24, 2.45) is 5.92 Å². The van der Waals surface area contributed by atoms with Crippen LogP contribution in [0.25, 0.3) is 0 Å². The highest BCUT2D eigenvalue weighted by molar-refractivity contribution is 7.09. The van der Waals surface area contributed by atoms with E-state index in [1.165, 1.54) is 22.4 Å². The normalized spacial score (nSPS) is 16.3. The predicted molar refractivity (Wildman–Crippen MR) is 83.0 cm³/mol. The molecule has 3 heterocycles. The van der Waals surface area contributed by atoms with Crippen LogP contribution in [-0.2, 0) is 6.54 Å². The smallest absolute Gasteiger partial charge is 0.280 e. The molecule has 1 aliphatic heterocycles. The zero-order valence-corrected chi connectivity index (χ0v) is 13.5. The molecule has 9 heteroatoms. The Morgan fingerprint density at radius 1 is 1.39 bits per heavy atom. The van der Waals surface area contributed by atoms with Crippen LogP contribution in [0.1, 0.15) is 30.8 Å². The van der Waals surface area contributed by atoms with Crippen LogP contribution in [0, 0.1) is 12.8 Å². The van der Waals surface area contributed by atoms with Crippen LogP contribution in [0.4, 0.5) is 13.9 Å². The summed E-state index contributed by atoms with van der Waals surface area (Å²) in [4.78, 5) is 22.1. The van der Waals surface area contributed by atoms with Crippen molar-refractivity contribution in [3.63, 3.8) is 0 Å². The van der Waals surface area contributed by atoms with Crippen molar-refractivity contribution in [3.8, 4) is 0 Å². The van der Waals surface area contributed by atoms with Gasteiger partial charge in [0.2, 0.25) is 5.13 Å². The van der Waals surface area contributed by atoms with Gasteiger partial charge >= 0.3 is 0 Å². The van der Waals surface area contributed by atoms with Crippen molar-refractivity contribution in [1.82, 2.24) is 18.9 Å². The molecule has 1 fully saturated rings. The largest absolute Gasteiger partial charge is 0.347 e. The maximum Gasteiger partial charge on any atom is 0.280 e. The molecule has 0 N–H and O–H groups in total. The number of rotatable bonds is 4. The highest BCUT2D eigenvalue weighted by Gasteiger charge is 2.22. The van der Waals surface area contributed by atoms with E-state index in [0.29, 0.717) is 12.5 Å². The third kappa shape index (κ3) is 3.72. The van der Waals surface area contributed by atoms with Crippen LogP contribution in [0.15, 0.2) is 17.2 Å². The maximum absolute atomic E-state index is 12.5. The topological polar surface area (TPSA) is 63.9 Å². The van der Waals surface area contributed by atoms with Crippen molar-refractivity contribution >= 4 is 16.7 Å². The van der Waals surface area contributed by atoms with Gasteiger partial charge in [0.15, 0.2) is 0 Å². The summed E-state index contributed by atoms with van der Waals surface area (Å²) in [6.07, 6.45) is 0.351. The molecular weight excluding hydrogens is 324 g/mol. The minimum absolute atomic E-state index is 0.331. The van der Waals surface area contributed by atoms with Gasteiger partial charge < -0.3 is 4.90 Å². The van der Waals surface area contributed by atoms with E-state index in [9.17, 15) is 13.6 Å². The summed E-state index contributed by atoms with van der Waals surface area (Å²) < 4.78 is 30.6. The Kier molecular flexibility index (Phi) is 4.65. The molecule has 1 aliphatic rings. The molecule has 23 heavy (non-hydrogen) atoms. The summed E-state index contributed by atoms with van der Waals surface area (Å²) in [5.74, 6) is 1.11. The van der Waals surface area contributed by atoms with Gasteiger partial charge in [-0.25, -0.2) is 18.7 Å². The van der Waals surface area contributed by atoms with Gasteiger partial charge in [-0.05, 0) is 25.7 Å². The number of aryl methyl sites for hydroxylation is 1. The average molecular weight is 341 g/mol. The van der Waals surface area contributed by atoms with Gasteiger partial charge in [0.05, 0.1) is 6.33 Å². The van der Waals surface area contributed by atoms with E-state index >= 15 is 0 Å². The Morgan fingerprint density at radius 3 is 2.70 bits per heavy atom. The van der Waals surface area contributed by atoms with E-state index in [1.807, 2.05) is 6.92 Å². The fraction of sp³-hybridized carbons (Fsp3) is 0.571. The van der Waals surface area contributed by atoms with E-state index in [-0.39, 0.29) is 0 Å². The summed E-state index contributed by atoms with van der Waals surface area (Å²) in [5, 5.41) is 0.932. The lowest BCUT2D eigenvalue weighted by Gasteiger charge is -2.31. The minimum atomic E-state index is -2.71. The van der Waals surface area contributed by atoms with Crippen LogP contribution in [0.2, 0.25) is 0 Å². The Balaban J connectivity index is 1.59. The number of alkyl halides is 2. The zero-order chi connectivity index (χ0) is 16.4. The molecule has 6 nitrogen and oxygen atoms in total. The molecule has 0 unspecified atom stereocenters. The van der Waals surface area contributed by atoms with Crippen LogP contribution in [0.5, 0.6) is 0 Å². The summed E-state index contributed by atoms with van der Waals surface area (Å²) in [7, 11) is 0. The van der Waals surface area contributed by atoms with Gasteiger partial charge in [0, 0.05) is 37.2 Å². The number of aromatic nitrogens is 4. The Hall–Kier alpha value is -1.90. The summed E-state index contributed by atoms with van der Waals surface area (Å²) >= 11 is 1.40. The van der Waals surface area contributed by atoms with Crippen molar-refractivity contribution in [1.29, 1.82) is 0 Å². The molecule has 0 spiro atoms. The zero-order valence-electron chi connectivity index (χ0n) is 12.7. The molecule has 1 saturated heterocycles. The van der Waals surface area contributed by atoms with Gasteiger partial charge in [0.1, 0.15) is 11.5 Å². The van der Waals surface area contributed by atoms with Gasteiger partial charge in [-0.1, -0.05) is 0 Å². The molecule has 0 aliphatic carbocycles. The first-order valence-corrected chi connectivity index (χ1v) is 8.20. The highest BCUT2D eigenvalue weighted by atomic mass is 32.1. The van der Waals surface area contributed by atoms with Gasteiger partial charge in [-0.15, -0.1) is 0 Å².